The summed E-state index contributed by atoms with van der Waals surface area (Å²) in [5.74, 6) is 1.13. The number of ether oxygens (including phenoxy) is 2. The molecule has 1 amide bonds. The summed E-state index contributed by atoms with van der Waals surface area (Å²) in [7, 11) is 1.63. The topological polar surface area (TPSA) is 67.5 Å². The van der Waals surface area contributed by atoms with Gasteiger partial charge >= 0.3 is 0 Å². The largest absolute Gasteiger partial charge is 0.493 e. The predicted octanol–water partition coefficient (Wildman–Crippen LogP) is 7.37. The highest BCUT2D eigenvalue weighted by Gasteiger charge is 2.42. The normalized spacial score (nSPS) is 14.3. The second-order valence-corrected chi connectivity index (χ2v) is 10.3. The van der Waals surface area contributed by atoms with Crippen molar-refractivity contribution >= 4 is 17.5 Å². The molecule has 0 aliphatic carbocycles. The number of aromatic amines is 1. The Morgan fingerprint density at radius 1 is 0.900 bits per heavy atom. The first kappa shape index (κ1) is 25.7. The number of benzene rings is 4. The summed E-state index contributed by atoms with van der Waals surface area (Å²) in [4.78, 5) is 15.7. The number of aromatic nitrogens is 2. The van der Waals surface area contributed by atoms with Crippen LogP contribution >= 0.6 is 11.6 Å². The summed E-state index contributed by atoms with van der Waals surface area (Å²) < 4.78 is 11.9. The molecule has 1 aromatic heterocycles. The van der Waals surface area contributed by atoms with E-state index in [2.05, 4.69) is 22.3 Å². The van der Waals surface area contributed by atoms with Crippen LogP contribution in [0.15, 0.2) is 97.1 Å². The van der Waals surface area contributed by atoms with E-state index in [1.165, 1.54) is 0 Å². The minimum atomic E-state index is -0.384. The molecule has 1 aliphatic rings. The molecule has 5 aromatic rings. The lowest BCUT2D eigenvalue weighted by Crippen LogP contribution is -2.29. The maximum absolute atomic E-state index is 13.8. The van der Waals surface area contributed by atoms with E-state index in [0.29, 0.717) is 35.4 Å². The standard InChI is InChI=1S/C33H28ClN3O3/c1-21-8-12-24(13-9-21)30-29-31(36-35-30)33(38)37(19-22-10-15-26(34)16-11-22)32(29)25-14-17-27(28(18-25)39-2)40-20-23-6-4-3-5-7-23/h3-18,32H,19-20H2,1-2H3,(H,35,36). The molecule has 0 saturated carbocycles. The van der Waals surface area contributed by atoms with Crippen LogP contribution in [-0.4, -0.2) is 28.1 Å². The van der Waals surface area contributed by atoms with E-state index in [9.17, 15) is 4.79 Å². The molecule has 0 spiro atoms. The van der Waals surface area contributed by atoms with Crippen molar-refractivity contribution in [3.05, 3.63) is 136 Å². The van der Waals surface area contributed by atoms with Crippen LogP contribution in [0, 0.1) is 6.92 Å². The third-order valence-corrected chi connectivity index (χ3v) is 7.45. The molecule has 200 valence electrons. The Labute approximate surface area is 238 Å². The molecular formula is C33H28ClN3O3. The number of H-pyrrole nitrogens is 1. The van der Waals surface area contributed by atoms with E-state index < -0.39 is 0 Å². The summed E-state index contributed by atoms with van der Waals surface area (Å²) in [6.07, 6.45) is 0. The molecule has 6 rings (SSSR count). The van der Waals surface area contributed by atoms with Gasteiger partial charge in [-0.3, -0.25) is 9.89 Å². The zero-order valence-electron chi connectivity index (χ0n) is 22.2. The van der Waals surface area contributed by atoms with Crippen molar-refractivity contribution in [1.29, 1.82) is 0 Å². The molecule has 7 heteroatoms. The fourth-order valence-corrected chi connectivity index (χ4v) is 5.26. The van der Waals surface area contributed by atoms with Gasteiger partial charge in [0.15, 0.2) is 11.5 Å². The highest BCUT2D eigenvalue weighted by atomic mass is 35.5. The van der Waals surface area contributed by atoms with Crippen molar-refractivity contribution in [2.24, 2.45) is 0 Å². The van der Waals surface area contributed by atoms with Crippen LogP contribution in [-0.2, 0) is 13.2 Å². The van der Waals surface area contributed by atoms with Crippen LogP contribution in [0.5, 0.6) is 11.5 Å². The van der Waals surface area contributed by atoms with Crippen LogP contribution in [0.3, 0.4) is 0 Å². The number of nitrogens with zero attached hydrogens (tertiary/aromatic N) is 2. The van der Waals surface area contributed by atoms with Crippen molar-refractivity contribution in [1.82, 2.24) is 15.1 Å². The molecular weight excluding hydrogens is 522 g/mol. The van der Waals surface area contributed by atoms with Gasteiger partial charge in [0.25, 0.3) is 5.91 Å². The van der Waals surface area contributed by atoms with Gasteiger partial charge in [-0.05, 0) is 47.9 Å². The van der Waals surface area contributed by atoms with Gasteiger partial charge in [-0.2, -0.15) is 5.10 Å². The molecule has 2 heterocycles. The Morgan fingerprint density at radius 3 is 2.38 bits per heavy atom. The molecule has 0 saturated heterocycles. The van der Waals surface area contributed by atoms with E-state index in [0.717, 1.165) is 39.1 Å². The van der Waals surface area contributed by atoms with Crippen molar-refractivity contribution in [2.45, 2.75) is 26.1 Å². The summed E-state index contributed by atoms with van der Waals surface area (Å²) in [6, 6.07) is 31.2. The van der Waals surface area contributed by atoms with Crippen molar-refractivity contribution in [2.75, 3.05) is 7.11 Å². The van der Waals surface area contributed by atoms with Crippen LogP contribution < -0.4 is 9.47 Å². The first-order valence-corrected chi connectivity index (χ1v) is 13.4. The Balaban J connectivity index is 1.41. The number of aryl methyl sites for hydroxylation is 1. The monoisotopic (exact) mass is 549 g/mol. The maximum Gasteiger partial charge on any atom is 0.273 e. The molecule has 1 atom stereocenters. The maximum atomic E-state index is 13.8. The Morgan fingerprint density at radius 2 is 1.65 bits per heavy atom. The van der Waals surface area contributed by atoms with E-state index in [-0.39, 0.29) is 11.9 Å². The van der Waals surface area contributed by atoms with Crippen LogP contribution in [0.2, 0.25) is 5.02 Å². The van der Waals surface area contributed by atoms with Crippen LogP contribution in [0.25, 0.3) is 11.3 Å². The van der Waals surface area contributed by atoms with Crippen molar-refractivity contribution in [3.63, 3.8) is 0 Å². The first-order chi connectivity index (χ1) is 19.5. The number of nitrogens with one attached hydrogen (secondary N) is 1. The average Bonchev–Trinajstić information content (AvgIpc) is 3.53. The highest BCUT2D eigenvalue weighted by Crippen LogP contribution is 2.45. The number of carbonyl (C=O) groups is 1. The smallest absolute Gasteiger partial charge is 0.273 e. The van der Waals surface area contributed by atoms with Crippen molar-refractivity contribution in [3.8, 4) is 22.8 Å². The molecule has 0 radical (unpaired) electrons. The van der Waals surface area contributed by atoms with E-state index in [1.54, 1.807) is 7.11 Å². The lowest BCUT2D eigenvalue weighted by Gasteiger charge is -2.27. The van der Waals surface area contributed by atoms with Gasteiger partial charge in [0.2, 0.25) is 0 Å². The van der Waals surface area contributed by atoms with Crippen LogP contribution in [0.1, 0.15) is 44.3 Å². The van der Waals surface area contributed by atoms with Gasteiger partial charge < -0.3 is 14.4 Å². The van der Waals surface area contributed by atoms with Gasteiger partial charge in [-0.1, -0.05) is 90.0 Å². The Hall–Kier alpha value is -4.55. The number of methoxy groups -OCH3 is 1. The van der Waals surface area contributed by atoms with E-state index in [4.69, 9.17) is 21.1 Å². The second-order valence-electron chi connectivity index (χ2n) is 9.87. The molecule has 1 N–H and O–H groups in total. The third kappa shape index (κ3) is 4.94. The number of hydrogen-bond acceptors (Lipinski definition) is 4. The fraction of sp³-hybridized carbons (Fsp3) is 0.152. The Kier molecular flexibility index (Phi) is 7.01. The number of rotatable bonds is 8. The first-order valence-electron chi connectivity index (χ1n) is 13.1. The fourth-order valence-electron chi connectivity index (χ4n) is 5.13. The molecule has 6 nitrogen and oxygen atoms in total. The zero-order chi connectivity index (χ0) is 27.6. The quantitative estimate of drug-likeness (QED) is 0.219. The van der Waals surface area contributed by atoms with Crippen molar-refractivity contribution < 1.29 is 14.3 Å². The van der Waals surface area contributed by atoms with Gasteiger partial charge in [0, 0.05) is 22.7 Å². The lowest BCUT2D eigenvalue weighted by atomic mass is 9.95. The predicted molar refractivity (Wildman–Crippen MR) is 156 cm³/mol. The average molecular weight is 550 g/mol. The molecule has 1 aliphatic heterocycles. The highest BCUT2D eigenvalue weighted by molar-refractivity contribution is 6.30. The molecule has 4 aromatic carbocycles. The van der Waals surface area contributed by atoms with Gasteiger partial charge in [-0.25, -0.2) is 0 Å². The molecule has 0 fully saturated rings. The Bertz CT molecular complexity index is 1650. The minimum Gasteiger partial charge on any atom is -0.493 e. The number of halogens is 1. The summed E-state index contributed by atoms with van der Waals surface area (Å²) in [5, 5.41) is 8.28. The third-order valence-electron chi connectivity index (χ3n) is 7.20. The SMILES string of the molecule is COc1cc(C2c3c(-c4ccc(C)cc4)n[nH]c3C(=O)N2Cc2ccc(Cl)cc2)ccc1OCc1ccccc1. The number of hydrogen-bond donors (Lipinski definition) is 1. The summed E-state index contributed by atoms with van der Waals surface area (Å²) in [5.41, 5.74) is 7.16. The summed E-state index contributed by atoms with van der Waals surface area (Å²) in [6.45, 7) is 2.88. The van der Waals surface area contributed by atoms with Crippen LogP contribution in [0.4, 0.5) is 0 Å². The van der Waals surface area contributed by atoms with Gasteiger partial charge in [-0.15, -0.1) is 0 Å². The van der Waals surface area contributed by atoms with Gasteiger partial charge in [0.1, 0.15) is 12.3 Å². The minimum absolute atomic E-state index is 0.107. The number of carbonyl (C=O) groups excluding carboxylic acids is 1. The lowest BCUT2D eigenvalue weighted by molar-refractivity contribution is 0.0730. The molecule has 40 heavy (non-hydrogen) atoms. The zero-order valence-corrected chi connectivity index (χ0v) is 23.0. The van der Waals surface area contributed by atoms with E-state index >= 15 is 0 Å². The van der Waals surface area contributed by atoms with Gasteiger partial charge in [0.05, 0.1) is 18.8 Å². The molecule has 1 unspecified atom stereocenters. The van der Waals surface area contributed by atoms with E-state index in [1.807, 2.05) is 96.8 Å². The number of fused-ring (bicyclic) bond motifs is 1. The summed E-state index contributed by atoms with van der Waals surface area (Å²) >= 11 is 6.13. The number of amides is 1. The molecule has 0 bridgehead atoms. The second kappa shape index (κ2) is 10.9.